The molecule has 0 bridgehead atoms. The summed E-state index contributed by atoms with van der Waals surface area (Å²) in [5, 5.41) is 13.6. The molecular weight excluding hydrogens is 524 g/mol. The van der Waals surface area contributed by atoms with Crippen LogP contribution in [0, 0.1) is 0 Å². The fraction of sp³-hybridized carbons (Fsp3) is 0.0769. The summed E-state index contributed by atoms with van der Waals surface area (Å²) < 4.78 is 2.37. The number of aromatic nitrogens is 1. The van der Waals surface area contributed by atoms with Crippen molar-refractivity contribution in [3.63, 3.8) is 0 Å². The highest BCUT2D eigenvalue weighted by Crippen LogP contribution is 2.34. The predicted molar refractivity (Wildman–Crippen MR) is 178 cm³/mol. The van der Waals surface area contributed by atoms with Gasteiger partial charge in [0.05, 0.1) is 23.1 Å². The number of dihydropyridines is 1. The van der Waals surface area contributed by atoms with E-state index >= 15 is 0 Å². The maximum atomic E-state index is 3.84. The van der Waals surface area contributed by atoms with Gasteiger partial charge in [0.25, 0.3) is 0 Å². The zero-order chi connectivity index (χ0) is 28.6. The van der Waals surface area contributed by atoms with Crippen LogP contribution >= 0.6 is 0 Å². The van der Waals surface area contributed by atoms with Gasteiger partial charge in [-0.2, -0.15) is 0 Å². The van der Waals surface area contributed by atoms with Gasteiger partial charge < -0.3 is 15.2 Å². The number of hydrogen-bond acceptors (Lipinski definition) is 3. The molecule has 8 rings (SSSR count). The molecule has 3 atom stereocenters. The average Bonchev–Trinajstić information content (AvgIpc) is 3.43. The van der Waals surface area contributed by atoms with Gasteiger partial charge in [-0.15, -0.1) is 0 Å². The maximum Gasteiger partial charge on any atom is 0.104 e. The molecule has 3 N–H and O–H groups in total. The van der Waals surface area contributed by atoms with Crippen molar-refractivity contribution < 1.29 is 0 Å². The number of allylic oxidation sites excluding steroid dienone is 2. The van der Waals surface area contributed by atoms with Crippen LogP contribution in [-0.4, -0.2) is 4.57 Å². The molecule has 4 heteroatoms. The fourth-order valence-electron chi connectivity index (χ4n) is 6.39. The van der Waals surface area contributed by atoms with Crippen LogP contribution in [0.5, 0.6) is 0 Å². The number of benzene rings is 5. The first-order valence-corrected chi connectivity index (χ1v) is 14.9. The SMILES string of the molecule is C1=CNC(c2ccc(C3=CC(c4ccc(-n5c6ccccc6c6ccccc65)cc4)NC(c4ccccc4)N3)cc2)C=C1. The molecule has 0 radical (unpaired) electrons. The Morgan fingerprint density at radius 2 is 1.16 bits per heavy atom. The Morgan fingerprint density at radius 3 is 1.84 bits per heavy atom. The van der Waals surface area contributed by atoms with E-state index in [1.54, 1.807) is 0 Å². The summed E-state index contributed by atoms with van der Waals surface area (Å²) >= 11 is 0. The number of hydrogen-bond donors (Lipinski definition) is 3. The molecule has 43 heavy (non-hydrogen) atoms. The Morgan fingerprint density at radius 1 is 0.535 bits per heavy atom. The normalized spacial score (nSPS) is 19.6. The zero-order valence-corrected chi connectivity index (χ0v) is 23.7. The minimum Gasteiger partial charge on any atom is -0.381 e. The van der Waals surface area contributed by atoms with E-state index in [4.69, 9.17) is 0 Å². The summed E-state index contributed by atoms with van der Waals surface area (Å²) in [7, 11) is 0. The van der Waals surface area contributed by atoms with Crippen LogP contribution in [0.25, 0.3) is 33.2 Å². The van der Waals surface area contributed by atoms with Gasteiger partial charge in [0.15, 0.2) is 0 Å². The highest BCUT2D eigenvalue weighted by Gasteiger charge is 2.24. The van der Waals surface area contributed by atoms with Gasteiger partial charge in [0, 0.05) is 22.2 Å². The van der Waals surface area contributed by atoms with Gasteiger partial charge in [-0.3, -0.25) is 5.32 Å². The largest absolute Gasteiger partial charge is 0.381 e. The molecule has 0 saturated carbocycles. The Bertz CT molecular complexity index is 1940. The van der Waals surface area contributed by atoms with Crippen LogP contribution < -0.4 is 16.0 Å². The number of para-hydroxylation sites is 2. The maximum absolute atomic E-state index is 3.84. The molecule has 1 aromatic heterocycles. The third kappa shape index (κ3) is 4.72. The quantitative estimate of drug-likeness (QED) is 0.199. The first kappa shape index (κ1) is 25.4. The Kier molecular flexibility index (Phi) is 6.39. The van der Waals surface area contributed by atoms with E-state index in [0.29, 0.717) is 0 Å². The molecule has 3 heterocycles. The highest BCUT2D eigenvalue weighted by atomic mass is 15.2. The minimum atomic E-state index is -0.0176. The third-order valence-corrected chi connectivity index (χ3v) is 8.57. The van der Waals surface area contributed by atoms with Crippen LogP contribution in [0.3, 0.4) is 0 Å². The smallest absolute Gasteiger partial charge is 0.104 e. The lowest BCUT2D eigenvalue weighted by Crippen LogP contribution is -2.39. The van der Waals surface area contributed by atoms with Crippen molar-refractivity contribution >= 4 is 27.5 Å². The van der Waals surface area contributed by atoms with Crippen molar-refractivity contribution in [3.05, 3.63) is 180 Å². The minimum absolute atomic E-state index is 0.0176. The molecular formula is C39H32N4. The van der Waals surface area contributed by atoms with E-state index in [2.05, 4.69) is 166 Å². The van der Waals surface area contributed by atoms with Crippen molar-refractivity contribution in [1.29, 1.82) is 0 Å². The molecule has 4 nitrogen and oxygen atoms in total. The summed E-state index contributed by atoms with van der Waals surface area (Å²) in [6.07, 6.45) is 10.6. The molecule has 208 valence electrons. The van der Waals surface area contributed by atoms with E-state index in [1.807, 2.05) is 12.3 Å². The summed E-state index contributed by atoms with van der Waals surface area (Å²) in [6.45, 7) is 0. The summed E-state index contributed by atoms with van der Waals surface area (Å²) in [6, 6.07) is 46.0. The van der Waals surface area contributed by atoms with Gasteiger partial charge in [-0.1, -0.05) is 115 Å². The first-order valence-electron chi connectivity index (χ1n) is 14.9. The molecule has 6 aromatic rings. The number of nitrogens with one attached hydrogen (secondary N) is 3. The van der Waals surface area contributed by atoms with Crippen molar-refractivity contribution in [3.8, 4) is 5.69 Å². The van der Waals surface area contributed by atoms with E-state index in [-0.39, 0.29) is 18.2 Å². The molecule has 5 aromatic carbocycles. The molecule has 2 aliphatic heterocycles. The van der Waals surface area contributed by atoms with E-state index in [9.17, 15) is 0 Å². The highest BCUT2D eigenvalue weighted by molar-refractivity contribution is 6.09. The summed E-state index contributed by atoms with van der Waals surface area (Å²) in [4.78, 5) is 0. The fourth-order valence-corrected chi connectivity index (χ4v) is 6.39. The van der Waals surface area contributed by atoms with Gasteiger partial charge in [-0.25, -0.2) is 0 Å². The van der Waals surface area contributed by atoms with Crippen molar-refractivity contribution in [2.45, 2.75) is 18.2 Å². The molecule has 0 spiro atoms. The van der Waals surface area contributed by atoms with Gasteiger partial charge >= 0.3 is 0 Å². The molecule has 0 aliphatic carbocycles. The predicted octanol–water partition coefficient (Wildman–Crippen LogP) is 8.47. The van der Waals surface area contributed by atoms with E-state index in [1.165, 1.54) is 44.1 Å². The lowest BCUT2D eigenvalue weighted by molar-refractivity contribution is 0.442. The lowest BCUT2D eigenvalue weighted by Gasteiger charge is -2.33. The van der Waals surface area contributed by atoms with E-state index in [0.717, 1.165) is 11.4 Å². The zero-order valence-electron chi connectivity index (χ0n) is 23.7. The number of fused-ring (bicyclic) bond motifs is 3. The van der Waals surface area contributed by atoms with Gasteiger partial charge in [-0.05, 0) is 64.9 Å². The van der Waals surface area contributed by atoms with Crippen molar-refractivity contribution in [2.75, 3.05) is 0 Å². The van der Waals surface area contributed by atoms with Crippen LogP contribution in [0.15, 0.2) is 158 Å². The van der Waals surface area contributed by atoms with E-state index < -0.39 is 0 Å². The first-order chi connectivity index (χ1) is 21.3. The molecule has 0 fully saturated rings. The van der Waals surface area contributed by atoms with Crippen LogP contribution in [0.2, 0.25) is 0 Å². The van der Waals surface area contributed by atoms with Gasteiger partial charge in [0.2, 0.25) is 0 Å². The van der Waals surface area contributed by atoms with Gasteiger partial charge in [0.1, 0.15) is 6.17 Å². The Labute approximate surface area is 251 Å². The topological polar surface area (TPSA) is 41.0 Å². The standard InChI is InChI=1S/C39H32N4/c1-2-10-30(11-3-1)39-41-35(28-19-17-27(18-20-28)34-14-8-9-25-40-34)26-36(42-39)29-21-23-31(24-22-29)43-37-15-6-4-12-32(37)33-13-5-7-16-38(33)43/h1-26,34,36,39-42H. The molecule has 3 unspecified atom stereocenters. The molecule has 2 aliphatic rings. The summed E-state index contributed by atoms with van der Waals surface area (Å²) in [5.74, 6) is 0. The molecule has 0 amide bonds. The van der Waals surface area contributed by atoms with Crippen LogP contribution in [-0.2, 0) is 0 Å². The van der Waals surface area contributed by atoms with Crippen molar-refractivity contribution in [1.82, 2.24) is 20.5 Å². The lowest BCUT2D eigenvalue weighted by atomic mass is 9.97. The number of rotatable bonds is 5. The second-order valence-corrected chi connectivity index (χ2v) is 11.2. The Hall–Kier alpha value is -5.32. The second-order valence-electron chi connectivity index (χ2n) is 11.2. The second kappa shape index (κ2) is 10.8. The van der Waals surface area contributed by atoms with Crippen LogP contribution in [0.4, 0.5) is 0 Å². The Balaban J connectivity index is 1.15. The third-order valence-electron chi connectivity index (χ3n) is 8.57. The number of nitrogens with zero attached hydrogens (tertiary/aromatic N) is 1. The summed E-state index contributed by atoms with van der Waals surface area (Å²) in [5.41, 5.74) is 9.59. The van der Waals surface area contributed by atoms with Crippen molar-refractivity contribution in [2.24, 2.45) is 0 Å². The van der Waals surface area contributed by atoms with Crippen LogP contribution in [0.1, 0.15) is 40.5 Å². The molecule has 0 saturated heterocycles. The monoisotopic (exact) mass is 556 g/mol. The average molecular weight is 557 g/mol.